The zero-order valence-corrected chi connectivity index (χ0v) is 16.7. The van der Waals surface area contributed by atoms with E-state index in [0.29, 0.717) is 29.0 Å². The predicted octanol–water partition coefficient (Wildman–Crippen LogP) is 2.89. The lowest BCUT2D eigenvalue weighted by atomic mass is 10.2. The molecule has 3 aromatic rings. The molecule has 0 atom stereocenters. The fraction of sp³-hybridized carbons (Fsp3) is 0.316. The number of aromatic nitrogens is 3. The summed E-state index contributed by atoms with van der Waals surface area (Å²) >= 11 is 1.37. The van der Waals surface area contributed by atoms with Crippen LogP contribution in [-0.2, 0) is 18.4 Å². The number of thioether (sulfide) groups is 1. The summed E-state index contributed by atoms with van der Waals surface area (Å²) in [5.41, 5.74) is 2.23. The van der Waals surface area contributed by atoms with E-state index in [9.17, 15) is 4.79 Å². The second-order valence-corrected chi connectivity index (χ2v) is 7.38. The Balaban J connectivity index is 1.56. The molecule has 0 saturated carbocycles. The summed E-state index contributed by atoms with van der Waals surface area (Å²) in [5.74, 6) is 1.64. The number of furan rings is 1. The van der Waals surface area contributed by atoms with Crippen molar-refractivity contribution in [3.8, 4) is 11.6 Å². The molecule has 0 N–H and O–H groups in total. The van der Waals surface area contributed by atoms with E-state index in [4.69, 9.17) is 4.42 Å². The summed E-state index contributed by atoms with van der Waals surface area (Å²) in [5, 5.41) is 8.97. The Kier molecular flexibility index (Phi) is 5.85. The molecule has 0 unspecified atom stereocenters. The van der Waals surface area contributed by atoms with Gasteiger partial charge >= 0.3 is 0 Å². The average molecular weight is 385 g/mol. The van der Waals surface area contributed by atoms with Crippen molar-refractivity contribution in [3.63, 3.8) is 0 Å². The molecule has 0 aliphatic carbocycles. The van der Waals surface area contributed by atoms with Gasteiger partial charge in [0.15, 0.2) is 16.7 Å². The summed E-state index contributed by atoms with van der Waals surface area (Å²) in [6, 6.07) is 11.8. The first-order valence-electron chi connectivity index (χ1n) is 8.52. The van der Waals surface area contributed by atoms with Gasteiger partial charge in [0.1, 0.15) is 0 Å². The van der Waals surface area contributed by atoms with Crippen molar-refractivity contribution in [1.29, 1.82) is 0 Å². The van der Waals surface area contributed by atoms with E-state index in [2.05, 4.69) is 22.3 Å². The second kappa shape index (κ2) is 8.30. The highest BCUT2D eigenvalue weighted by Crippen LogP contribution is 2.23. The molecular weight excluding hydrogens is 362 g/mol. The molecule has 0 saturated heterocycles. The van der Waals surface area contributed by atoms with Gasteiger partial charge < -0.3 is 18.8 Å². The molecule has 8 heteroatoms. The fourth-order valence-corrected chi connectivity index (χ4v) is 3.41. The molecule has 7 nitrogen and oxygen atoms in total. The molecule has 0 aliphatic heterocycles. The molecule has 1 amide bonds. The van der Waals surface area contributed by atoms with Gasteiger partial charge in [0.05, 0.1) is 12.0 Å². The van der Waals surface area contributed by atoms with Crippen molar-refractivity contribution in [1.82, 2.24) is 19.7 Å². The van der Waals surface area contributed by atoms with Gasteiger partial charge in [-0.15, -0.1) is 10.2 Å². The molecule has 27 heavy (non-hydrogen) atoms. The van der Waals surface area contributed by atoms with E-state index >= 15 is 0 Å². The topological polar surface area (TPSA) is 67.4 Å². The fourth-order valence-electron chi connectivity index (χ4n) is 2.56. The number of nitrogens with zero attached hydrogens (tertiary/aromatic N) is 5. The van der Waals surface area contributed by atoms with Gasteiger partial charge in [-0.05, 0) is 29.8 Å². The third kappa shape index (κ3) is 4.51. The minimum atomic E-state index is 0.0410. The SMILES string of the molecule is CN(Cc1ccc(N(C)C)cc1)C(=O)CSc1nnc(-c2ccco2)n1C. The van der Waals surface area contributed by atoms with Crippen LogP contribution in [0.15, 0.2) is 52.2 Å². The molecule has 0 aliphatic rings. The number of amides is 1. The predicted molar refractivity (Wildman–Crippen MR) is 107 cm³/mol. The molecule has 1 aromatic carbocycles. The van der Waals surface area contributed by atoms with Crippen LogP contribution in [0, 0.1) is 0 Å². The zero-order valence-electron chi connectivity index (χ0n) is 15.9. The number of hydrogen-bond acceptors (Lipinski definition) is 6. The Labute approximate surface area is 163 Å². The van der Waals surface area contributed by atoms with Crippen molar-refractivity contribution in [2.75, 3.05) is 31.8 Å². The molecule has 142 valence electrons. The Hall–Kier alpha value is -2.74. The van der Waals surface area contributed by atoms with Crippen LogP contribution in [0.1, 0.15) is 5.56 Å². The van der Waals surface area contributed by atoms with Gasteiger partial charge in [-0.3, -0.25) is 4.79 Å². The summed E-state index contributed by atoms with van der Waals surface area (Å²) in [7, 11) is 7.69. The van der Waals surface area contributed by atoms with E-state index in [1.165, 1.54) is 11.8 Å². The van der Waals surface area contributed by atoms with Crippen LogP contribution in [0.3, 0.4) is 0 Å². The highest BCUT2D eigenvalue weighted by atomic mass is 32.2. The number of benzene rings is 1. The number of carbonyl (C=O) groups excluding carboxylic acids is 1. The Morgan fingerprint density at radius 2 is 1.89 bits per heavy atom. The molecular formula is C19H23N5O2S. The number of carbonyl (C=O) groups is 1. The summed E-state index contributed by atoms with van der Waals surface area (Å²) in [4.78, 5) is 16.2. The van der Waals surface area contributed by atoms with Crippen molar-refractivity contribution < 1.29 is 9.21 Å². The lowest BCUT2D eigenvalue weighted by Crippen LogP contribution is -2.27. The van der Waals surface area contributed by atoms with Crippen LogP contribution in [-0.4, -0.2) is 52.5 Å². The molecule has 0 radical (unpaired) electrons. The number of anilines is 1. The minimum absolute atomic E-state index is 0.0410. The van der Waals surface area contributed by atoms with Crippen LogP contribution in [0.2, 0.25) is 0 Å². The number of hydrogen-bond donors (Lipinski definition) is 0. The smallest absolute Gasteiger partial charge is 0.233 e. The molecule has 3 rings (SSSR count). The molecule has 0 bridgehead atoms. The van der Waals surface area contributed by atoms with E-state index in [1.54, 1.807) is 17.2 Å². The minimum Gasteiger partial charge on any atom is -0.461 e. The maximum Gasteiger partial charge on any atom is 0.233 e. The first-order valence-corrected chi connectivity index (χ1v) is 9.50. The van der Waals surface area contributed by atoms with E-state index < -0.39 is 0 Å². The zero-order chi connectivity index (χ0) is 19.4. The third-order valence-electron chi connectivity index (χ3n) is 4.20. The monoisotopic (exact) mass is 385 g/mol. The normalized spacial score (nSPS) is 10.8. The standard InChI is InChI=1S/C19H23N5O2S/c1-22(2)15-9-7-14(8-10-15)12-23(3)17(25)13-27-19-21-20-18(24(19)4)16-6-5-11-26-16/h5-11H,12-13H2,1-4H3. The van der Waals surface area contributed by atoms with E-state index in [0.717, 1.165) is 11.3 Å². The van der Waals surface area contributed by atoms with Gasteiger partial charge in [-0.2, -0.15) is 0 Å². The maximum atomic E-state index is 12.5. The Morgan fingerprint density at radius 1 is 1.15 bits per heavy atom. The van der Waals surface area contributed by atoms with Crippen molar-refractivity contribution in [2.45, 2.75) is 11.7 Å². The second-order valence-electron chi connectivity index (χ2n) is 6.44. The average Bonchev–Trinajstić information content (AvgIpc) is 3.29. The van der Waals surface area contributed by atoms with Gasteiger partial charge in [0.2, 0.25) is 5.91 Å². The quantitative estimate of drug-likeness (QED) is 0.583. The lowest BCUT2D eigenvalue weighted by molar-refractivity contribution is -0.127. The lowest BCUT2D eigenvalue weighted by Gasteiger charge is -2.18. The number of rotatable bonds is 7. The Morgan fingerprint density at radius 3 is 2.52 bits per heavy atom. The van der Waals surface area contributed by atoms with Gasteiger partial charge in [0.25, 0.3) is 0 Å². The van der Waals surface area contributed by atoms with E-state index in [1.807, 2.05) is 55.9 Å². The van der Waals surface area contributed by atoms with Gasteiger partial charge in [-0.25, -0.2) is 0 Å². The molecule has 0 spiro atoms. The van der Waals surface area contributed by atoms with Crippen molar-refractivity contribution in [2.24, 2.45) is 7.05 Å². The largest absolute Gasteiger partial charge is 0.461 e. The van der Waals surface area contributed by atoms with Crippen LogP contribution >= 0.6 is 11.8 Å². The first-order chi connectivity index (χ1) is 13.0. The Bertz CT molecular complexity index is 887. The summed E-state index contributed by atoms with van der Waals surface area (Å²) in [6.45, 7) is 0.573. The van der Waals surface area contributed by atoms with Crippen LogP contribution in [0.4, 0.5) is 5.69 Å². The third-order valence-corrected chi connectivity index (χ3v) is 5.20. The van der Waals surface area contributed by atoms with Crippen LogP contribution < -0.4 is 4.90 Å². The highest BCUT2D eigenvalue weighted by molar-refractivity contribution is 7.99. The van der Waals surface area contributed by atoms with Gasteiger partial charge in [-0.1, -0.05) is 23.9 Å². The van der Waals surface area contributed by atoms with Crippen LogP contribution in [0.5, 0.6) is 0 Å². The molecule has 0 fully saturated rings. The maximum absolute atomic E-state index is 12.5. The summed E-state index contributed by atoms with van der Waals surface area (Å²) in [6.07, 6.45) is 1.60. The highest BCUT2D eigenvalue weighted by Gasteiger charge is 2.16. The van der Waals surface area contributed by atoms with Crippen molar-refractivity contribution in [3.05, 3.63) is 48.2 Å². The summed E-state index contributed by atoms with van der Waals surface area (Å²) < 4.78 is 7.19. The first kappa shape index (κ1) is 19.0. The van der Waals surface area contributed by atoms with Crippen molar-refractivity contribution >= 4 is 23.4 Å². The molecule has 2 heterocycles. The van der Waals surface area contributed by atoms with E-state index in [-0.39, 0.29) is 5.91 Å². The van der Waals surface area contributed by atoms with Crippen LogP contribution in [0.25, 0.3) is 11.6 Å². The van der Waals surface area contributed by atoms with Gasteiger partial charge in [0, 0.05) is 40.4 Å². The molecule has 2 aromatic heterocycles.